The molecule has 31 heavy (non-hydrogen) atoms. The molecule has 6 heteroatoms. The van der Waals surface area contributed by atoms with Crippen molar-refractivity contribution >= 4 is 5.97 Å². The first-order valence-corrected chi connectivity index (χ1v) is 10.0. The molecular formula is C25H27NO5. The van der Waals surface area contributed by atoms with Crippen LogP contribution in [0.5, 0.6) is 11.5 Å². The van der Waals surface area contributed by atoms with Gasteiger partial charge in [-0.2, -0.15) is 0 Å². The normalized spacial score (nSPS) is 11.7. The van der Waals surface area contributed by atoms with Crippen molar-refractivity contribution in [3.8, 4) is 11.5 Å². The lowest BCUT2D eigenvalue weighted by atomic mass is 9.98. The highest BCUT2D eigenvalue weighted by molar-refractivity contribution is 5.90. The highest BCUT2D eigenvalue weighted by Gasteiger charge is 2.17. The monoisotopic (exact) mass is 421 g/mol. The molecule has 2 N–H and O–H groups in total. The molecule has 1 atom stereocenters. The molecule has 0 spiro atoms. The Balaban J connectivity index is 1.62. The lowest BCUT2D eigenvalue weighted by molar-refractivity contribution is 0.0600. The molecule has 0 heterocycles. The first-order valence-electron chi connectivity index (χ1n) is 10.0. The number of rotatable bonds is 10. The number of methoxy groups -OCH3 is 2. The first kappa shape index (κ1) is 22.3. The van der Waals surface area contributed by atoms with Gasteiger partial charge in [-0.1, -0.05) is 60.7 Å². The zero-order valence-corrected chi connectivity index (χ0v) is 17.7. The van der Waals surface area contributed by atoms with Crippen LogP contribution in [0.1, 0.15) is 27.5 Å². The Morgan fingerprint density at radius 2 is 1.52 bits per heavy atom. The number of ether oxygens (including phenoxy) is 3. The highest BCUT2D eigenvalue weighted by Crippen LogP contribution is 2.28. The number of carbonyl (C=O) groups excluding carboxylic acids is 1. The second-order valence-electron chi connectivity index (χ2n) is 6.98. The Hall–Kier alpha value is -3.35. The van der Waals surface area contributed by atoms with Crippen molar-refractivity contribution in [2.75, 3.05) is 27.4 Å². The van der Waals surface area contributed by atoms with Gasteiger partial charge in [0, 0.05) is 6.54 Å². The number of nitrogens with one attached hydrogen (secondary N) is 1. The third-order valence-corrected chi connectivity index (χ3v) is 4.84. The minimum absolute atomic E-state index is 0.0501. The molecular weight excluding hydrogens is 394 g/mol. The number of carbonyl (C=O) groups is 1. The molecule has 0 bridgehead atoms. The van der Waals surface area contributed by atoms with Crippen LogP contribution in [0.4, 0.5) is 0 Å². The van der Waals surface area contributed by atoms with Crippen LogP contribution in [-0.4, -0.2) is 44.6 Å². The molecule has 162 valence electrons. The van der Waals surface area contributed by atoms with Crippen molar-refractivity contribution in [1.29, 1.82) is 0 Å². The van der Waals surface area contributed by atoms with E-state index in [1.807, 2.05) is 36.4 Å². The standard InChI is InChI=1S/C25H27NO5/c1-29-23-15-20(25(28)30-2)13-14-22(23)31-17-21(27)16-26-24(18-9-5-3-6-10-18)19-11-7-4-8-12-19/h3-15,21,24,26-27H,16-17H2,1-2H3. The summed E-state index contributed by atoms with van der Waals surface area (Å²) in [5.74, 6) is 0.383. The van der Waals surface area contributed by atoms with Crippen molar-refractivity contribution in [3.63, 3.8) is 0 Å². The molecule has 3 rings (SSSR count). The van der Waals surface area contributed by atoms with Crippen LogP contribution >= 0.6 is 0 Å². The van der Waals surface area contributed by atoms with Crippen LogP contribution in [0.25, 0.3) is 0 Å². The largest absolute Gasteiger partial charge is 0.493 e. The zero-order chi connectivity index (χ0) is 22.1. The van der Waals surface area contributed by atoms with E-state index in [-0.39, 0.29) is 12.6 Å². The number of aliphatic hydroxyl groups excluding tert-OH is 1. The Bertz CT molecular complexity index is 923. The van der Waals surface area contributed by atoms with Crippen LogP contribution in [0.2, 0.25) is 0 Å². The van der Waals surface area contributed by atoms with Crippen LogP contribution in [0, 0.1) is 0 Å². The van der Waals surface area contributed by atoms with E-state index >= 15 is 0 Å². The molecule has 0 amide bonds. The molecule has 3 aromatic carbocycles. The average molecular weight is 421 g/mol. The number of esters is 1. The highest BCUT2D eigenvalue weighted by atomic mass is 16.5. The summed E-state index contributed by atoms with van der Waals surface area (Å²) in [5, 5.41) is 13.9. The SMILES string of the molecule is COC(=O)c1ccc(OCC(O)CNC(c2ccccc2)c2ccccc2)c(OC)c1. The first-order chi connectivity index (χ1) is 15.1. The fourth-order valence-corrected chi connectivity index (χ4v) is 3.25. The van der Waals surface area contributed by atoms with Gasteiger partial charge in [0.15, 0.2) is 11.5 Å². The zero-order valence-electron chi connectivity index (χ0n) is 17.7. The van der Waals surface area contributed by atoms with Gasteiger partial charge in [-0.25, -0.2) is 4.79 Å². The van der Waals surface area contributed by atoms with Gasteiger partial charge >= 0.3 is 5.97 Å². The summed E-state index contributed by atoms with van der Waals surface area (Å²) in [5.41, 5.74) is 2.59. The van der Waals surface area contributed by atoms with Gasteiger partial charge in [-0.3, -0.25) is 0 Å². The summed E-state index contributed by atoms with van der Waals surface area (Å²) in [6.45, 7) is 0.397. The van der Waals surface area contributed by atoms with Crippen LogP contribution in [0.15, 0.2) is 78.9 Å². The van der Waals surface area contributed by atoms with E-state index in [1.165, 1.54) is 14.2 Å². The maximum atomic E-state index is 11.7. The van der Waals surface area contributed by atoms with Crippen molar-refractivity contribution < 1.29 is 24.1 Å². The molecule has 3 aromatic rings. The van der Waals surface area contributed by atoms with Crippen LogP contribution in [-0.2, 0) is 4.74 Å². The molecule has 6 nitrogen and oxygen atoms in total. The number of benzene rings is 3. The quantitative estimate of drug-likeness (QED) is 0.487. The predicted octanol–water partition coefficient (Wildman–Crippen LogP) is 3.60. The molecule has 1 unspecified atom stereocenters. The molecule has 0 aliphatic carbocycles. The summed E-state index contributed by atoms with van der Waals surface area (Å²) in [6, 6.07) is 24.9. The van der Waals surface area contributed by atoms with Gasteiger partial charge in [-0.05, 0) is 29.3 Å². The van der Waals surface area contributed by atoms with Crippen molar-refractivity contribution in [2.45, 2.75) is 12.1 Å². The Labute approximate surface area is 182 Å². The number of hydrogen-bond acceptors (Lipinski definition) is 6. The topological polar surface area (TPSA) is 77.0 Å². The summed E-state index contributed by atoms with van der Waals surface area (Å²) in [6.07, 6.45) is -0.750. The average Bonchev–Trinajstić information content (AvgIpc) is 2.83. The van der Waals surface area contributed by atoms with E-state index in [2.05, 4.69) is 29.6 Å². The second-order valence-corrected chi connectivity index (χ2v) is 6.98. The number of aliphatic hydroxyl groups is 1. The fraction of sp³-hybridized carbons (Fsp3) is 0.240. The van der Waals surface area contributed by atoms with Crippen LogP contribution < -0.4 is 14.8 Å². The third kappa shape index (κ3) is 6.07. The fourth-order valence-electron chi connectivity index (χ4n) is 3.25. The van der Waals surface area contributed by atoms with E-state index in [1.54, 1.807) is 18.2 Å². The molecule has 0 aliphatic heterocycles. The minimum atomic E-state index is -0.750. The van der Waals surface area contributed by atoms with Gasteiger partial charge in [0.2, 0.25) is 0 Å². The van der Waals surface area contributed by atoms with E-state index in [0.29, 0.717) is 23.6 Å². The molecule has 0 radical (unpaired) electrons. The smallest absolute Gasteiger partial charge is 0.337 e. The second kappa shape index (κ2) is 11.2. The predicted molar refractivity (Wildman–Crippen MR) is 119 cm³/mol. The van der Waals surface area contributed by atoms with Crippen molar-refractivity contribution in [1.82, 2.24) is 5.32 Å². The van der Waals surface area contributed by atoms with Gasteiger partial charge in [0.25, 0.3) is 0 Å². The van der Waals surface area contributed by atoms with Crippen LogP contribution in [0.3, 0.4) is 0 Å². The lowest BCUT2D eigenvalue weighted by Crippen LogP contribution is -2.34. The van der Waals surface area contributed by atoms with Crippen molar-refractivity contribution in [3.05, 3.63) is 95.6 Å². The lowest BCUT2D eigenvalue weighted by Gasteiger charge is -2.22. The van der Waals surface area contributed by atoms with E-state index in [9.17, 15) is 9.90 Å². The van der Waals surface area contributed by atoms with E-state index < -0.39 is 12.1 Å². The van der Waals surface area contributed by atoms with Gasteiger partial charge in [-0.15, -0.1) is 0 Å². The van der Waals surface area contributed by atoms with E-state index in [4.69, 9.17) is 14.2 Å². The van der Waals surface area contributed by atoms with Gasteiger partial charge in [0.1, 0.15) is 12.7 Å². The maximum Gasteiger partial charge on any atom is 0.337 e. The summed E-state index contributed by atoms with van der Waals surface area (Å²) in [7, 11) is 2.81. The van der Waals surface area contributed by atoms with Gasteiger partial charge < -0.3 is 24.6 Å². The van der Waals surface area contributed by atoms with Crippen molar-refractivity contribution in [2.24, 2.45) is 0 Å². The Kier molecular flexibility index (Phi) is 8.04. The summed E-state index contributed by atoms with van der Waals surface area (Å²) >= 11 is 0. The number of hydrogen-bond donors (Lipinski definition) is 2. The Morgan fingerprint density at radius 3 is 2.06 bits per heavy atom. The summed E-state index contributed by atoms with van der Waals surface area (Å²) in [4.78, 5) is 11.7. The molecule has 0 aromatic heterocycles. The molecule has 0 aliphatic rings. The third-order valence-electron chi connectivity index (χ3n) is 4.84. The molecule has 0 saturated heterocycles. The molecule has 0 fully saturated rings. The summed E-state index contributed by atoms with van der Waals surface area (Å²) < 4.78 is 15.7. The van der Waals surface area contributed by atoms with E-state index in [0.717, 1.165) is 11.1 Å². The minimum Gasteiger partial charge on any atom is -0.493 e. The maximum absolute atomic E-state index is 11.7. The molecule has 0 saturated carbocycles. The Morgan fingerprint density at radius 1 is 0.903 bits per heavy atom. The van der Waals surface area contributed by atoms with Gasteiger partial charge in [0.05, 0.1) is 25.8 Å².